The summed E-state index contributed by atoms with van der Waals surface area (Å²) in [6.07, 6.45) is 1.44. The van der Waals surface area contributed by atoms with E-state index in [4.69, 9.17) is 0 Å². The predicted molar refractivity (Wildman–Crippen MR) is 36.1 cm³/mol. The van der Waals surface area contributed by atoms with E-state index in [1.165, 1.54) is 13.3 Å². The highest BCUT2D eigenvalue weighted by atomic mass is 32.1. The van der Waals surface area contributed by atoms with Crippen molar-refractivity contribution in [3.63, 3.8) is 0 Å². The molecule has 5 heteroatoms. The number of aromatic nitrogens is 2. The SMILES string of the molecule is COCC(=O)c1cnsn1. The van der Waals surface area contributed by atoms with Crippen LogP contribution in [0, 0.1) is 0 Å². The predicted octanol–water partition coefficient (Wildman–Crippen LogP) is 0.367. The van der Waals surface area contributed by atoms with Gasteiger partial charge in [0.1, 0.15) is 12.3 Å². The Hall–Kier alpha value is -0.810. The number of ether oxygens (including phenoxy) is 1. The fourth-order valence-electron chi connectivity index (χ4n) is 0.493. The number of Topliss-reactive ketones (excluding diaryl/α,β-unsaturated/α-hetero) is 1. The number of carbonyl (C=O) groups is 1. The number of nitrogens with zero attached hydrogens (tertiary/aromatic N) is 2. The Balaban J connectivity index is 2.59. The lowest BCUT2D eigenvalue weighted by atomic mass is 10.3. The Morgan fingerprint density at radius 3 is 3.20 bits per heavy atom. The van der Waals surface area contributed by atoms with Gasteiger partial charge < -0.3 is 4.74 Å². The highest BCUT2D eigenvalue weighted by molar-refractivity contribution is 6.99. The monoisotopic (exact) mass is 158 g/mol. The third-order valence-electron chi connectivity index (χ3n) is 0.922. The average Bonchev–Trinajstić information content (AvgIpc) is 2.38. The number of carbonyl (C=O) groups excluding carboxylic acids is 1. The fourth-order valence-corrected chi connectivity index (χ4v) is 0.924. The van der Waals surface area contributed by atoms with Gasteiger partial charge in [-0.2, -0.15) is 8.75 Å². The molecule has 0 N–H and O–H groups in total. The van der Waals surface area contributed by atoms with E-state index in [1.807, 2.05) is 0 Å². The minimum atomic E-state index is -0.128. The van der Waals surface area contributed by atoms with E-state index in [0.29, 0.717) is 5.69 Å². The molecule has 0 unspecified atom stereocenters. The molecular weight excluding hydrogens is 152 g/mol. The molecule has 0 spiro atoms. The summed E-state index contributed by atoms with van der Waals surface area (Å²) in [4.78, 5) is 10.9. The fraction of sp³-hybridized carbons (Fsp3) is 0.400. The minimum Gasteiger partial charge on any atom is -0.376 e. The Bertz CT molecular complexity index is 209. The van der Waals surface area contributed by atoms with Crippen LogP contribution >= 0.6 is 11.7 Å². The van der Waals surface area contributed by atoms with Crippen LogP contribution in [0.4, 0.5) is 0 Å². The Kier molecular flexibility index (Phi) is 2.47. The third-order valence-corrected chi connectivity index (χ3v) is 1.40. The van der Waals surface area contributed by atoms with Crippen molar-refractivity contribution in [2.24, 2.45) is 0 Å². The van der Waals surface area contributed by atoms with Crippen molar-refractivity contribution in [3.8, 4) is 0 Å². The Morgan fingerprint density at radius 1 is 1.90 bits per heavy atom. The van der Waals surface area contributed by atoms with Crippen LogP contribution in [-0.2, 0) is 4.74 Å². The Morgan fingerprint density at radius 2 is 2.70 bits per heavy atom. The van der Waals surface area contributed by atoms with Crippen molar-refractivity contribution in [1.82, 2.24) is 8.75 Å². The zero-order valence-corrected chi connectivity index (χ0v) is 6.22. The first kappa shape index (κ1) is 7.30. The molecule has 1 aromatic rings. The van der Waals surface area contributed by atoms with Crippen LogP contribution < -0.4 is 0 Å². The van der Waals surface area contributed by atoms with Gasteiger partial charge in [-0.15, -0.1) is 0 Å². The average molecular weight is 158 g/mol. The van der Waals surface area contributed by atoms with E-state index in [-0.39, 0.29) is 12.4 Å². The lowest BCUT2D eigenvalue weighted by molar-refractivity contribution is 0.0844. The molecule has 0 radical (unpaired) electrons. The highest BCUT2D eigenvalue weighted by Gasteiger charge is 2.06. The van der Waals surface area contributed by atoms with E-state index in [9.17, 15) is 4.79 Å². The topological polar surface area (TPSA) is 52.1 Å². The molecule has 0 atom stereocenters. The van der Waals surface area contributed by atoms with E-state index >= 15 is 0 Å². The molecule has 0 aromatic carbocycles. The van der Waals surface area contributed by atoms with Crippen molar-refractivity contribution in [2.45, 2.75) is 0 Å². The molecule has 0 amide bonds. The van der Waals surface area contributed by atoms with Gasteiger partial charge in [-0.1, -0.05) is 0 Å². The van der Waals surface area contributed by atoms with Crippen LogP contribution in [0.2, 0.25) is 0 Å². The van der Waals surface area contributed by atoms with Crippen LogP contribution in [0.5, 0.6) is 0 Å². The summed E-state index contributed by atoms with van der Waals surface area (Å²) in [5, 5.41) is 0. The number of methoxy groups -OCH3 is 1. The minimum absolute atomic E-state index is 0.0748. The maximum atomic E-state index is 10.9. The molecule has 0 aliphatic heterocycles. The molecule has 1 heterocycles. The molecule has 4 nitrogen and oxygen atoms in total. The van der Waals surface area contributed by atoms with E-state index in [2.05, 4.69) is 13.5 Å². The van der Waals surface area contributed by atoms with Crippen LogP contribution in [0.3, 0.4) is 0 Å². The lowest BCUT2D eigenvalue weighted by Gasteiger charge is -1.90. The van der Waals surface area contributed by atoms with Crippen molar-refractivity contribution in [1.29, 1.82) is 0 Å². The Labute approximate surface area is 62.2 Å². The molecule has 0 saturated heterocycles. The van der Waals surface area contributed by atoms with Crippen molar-refractivity contribution in [3.05, 3.63) is 11.9 Å². The number of ketones is 1. The first-order valence-electron chi connectivity index (χ1n) is 2.64. The maximum absolute atomic E-state index is 10.9. The smallest absolute Gasteiger partial charge is 0.209 e. The van der Waals surface area contributed by atoms with Gasteiger partial charge in [-0.25, -0.2) is 0 Å². The second-order valence-corrected chi connectivity index (χ2v) is 2.21. The van der Waals surface area contributed by atoms with Gasteiger partial charge in [0.2, 0.25) is 5.78 Å². The van der Waals surface area contributed by atoms with Crippen LogP contribution in [-0.4, -0.2) is 28.2 Å². The quantitative estimate of drug-likeness (QED) is 0.596. The van der Waals surface area contributed by atoms with Gasteiger partial charge >= 0.3 is 0 Å². The molecule has 0 fully saturated rings. The van der Waals surface area contributed by atoms with Gasteiger partial charge in [-0.3, -0.25) is 4.79 Å². The van der Waals surface area contributed by atoms with Crippen molar-refractivity contribution >= 4 is 17.5 Å². The van der Waals surface area contributed by atoms with Crippen LogP contribution in [0.25, 0.3) is 0 Å². The maximum Gasteiger partial charge on any atom is 0.209 e. The lowest BCUT2D eigenvalue weighted by Crippen LogP contribution is -2.06. The zero-order chi connectivity index (χ0) is 7.40. The van der Waals surface area contributed by atoms with Crippen LogP contribution in [0.1, 0.15) is 10.5 Å². The zero-order valence-electron chi connectivity index (χ0n) is 5.40. The summed E-state index contributed by atoms with van der Waals surface area (Å²) in [5.74, 6) is -0.128. The summed E-state index contributed by atoms with van der Waals surface area (Å²) in [6, 6.07) is 0. The van der Waals surface area contributed by atoms with Crippen molar-refractivity contribution in [2.75, 3.05) is 13.7 Å². The first-order chi connectivity index (χ1) is 4.84. The second kappa shape index (κ2) is 3.38. The van der Waals surface area contributed by atoms with Crippen LogP contribution in [0.15, 0.2) is 6.20 Å². The van der Waals surface area contributed by atoms with Gasteiger partial charge in [0.25, 0.3) is 0 Å². The summed E-state index contributed by atoms with van der Waals surface area (Å²) in [6.45, 7) is 0.0748. The molecule has 1 rings (SSSR count). The molecular formula is C5H6N2O2S. The van der Waals surface area contributed by atoms with E-state index in [1.54, 1.807) is 0 Å². The molecule has 54 valence electrons. The van der Waals surface area contributed by atoms with E-state index in [0.717, 1.165) is 11.7 Å². The molecule has 10 heavy (non-hydrogen) atoms. The number of rotatable bonds is 3. The largest absolute Gasteiger partial charge is 0.376 e. The van der Waals surface area contributed by atoms with Crippen molar-refractivity contribution < 1.29 is 9.53 Å². The van der Waals surface area contributed by atoms with Gasteiger partial charge in [0, 0.05) is 7.11 Å². The molecule has 0 aliphatic rings. The molecule has 0 saturated carbocycles. The summed E-state index contributed by atoms with van der Waals surface area (Å²) in [7, 11) is 1.47. The second-order valence-electron chi connectivity index (χ2n) is 1.65. The first-order valence-corrected chi connectivity index (χ1v) is 3.37. The standard InChI is InChI=1S/C5H6N2O2S/c1-9-3-5(8)4-2-6-10-7-4/h2H,3H2,1H3. The summed E-state index contributed by atoms with van der Waals surface area (Å²) < 4.78 is 12.0. The summed E-state index contributed by atoms with van der Waals surface area (Å²) >= 11 is 1.02. The highest BCUT2D eigenvalue weighted by Crippen LogP contribution is 1.95. The van der Waals surface area contributed by atoms with E-state index < -0.39 is 0 Å². The van der Waals surface area contributed by atoms with Gasteiger partial charge in [-0.05, 0) is 0 Å². The molecule has 0 aliphatic carbocycles. The molecule has 1 aromatic heterocycles. The normalized spacial score (nSPS) is 9.70. The number of hydrogen-bond acceptors (Lipinski definition) is 5. The molecule has 0 bridgehead atoms. The summed E-state index contributed by atoms with van der Waals surface area (Å²) in [5.41, 5.74) is 0.381. The van der Waals surface area contributed by atoms with Gasteiger partial charge in [0.15, 0.2) is 0 Å². The number of hydrogen-bond donors (Lipinski definition) is 0. The van der Waals surface area contributed by atoms with Gasteiger partial charge in [0.05, 0.1) is 17.9 Å². The third kappa shape index (κ3) is 1.58.